The monoisotopic (exact) mass is 257 g/mol. The molecule has 1 atom stereocenters. The maximum Gasteiger partial charge on any atom is 0.0345 e. The number of hydrogen-bond acceptors (Lipinski definition) is 4. The minimum atomic E-state index is 0.310. The van der Waals surface area contributed by atoms with Crippen molar-refractivity contribution in [2.24, 2.45) is 5.73 Å². The van der Waals surface area contributed by atoms with Gasteiger partial charge in [-0.15, -0.1) is 0 Å². The zero-order valence-electron chi connectivity index (χ0n) is 11.2. The lowest BCUT2D eigenvalue weighted by atomic mass is 9.88. The van der Waals surface area contributed by atoms with Crippen molar-refractivity contribution in [1.29, 1.82) is 0 Å². The average Bonchev–Trinajstić information content (AvgIpc) is 2.62. The van der Waals surface area contributed by atoms with E-state index in [2.05, 4.69) is 28.5 Å². The van der Waals surface area contributed by atoms with Gasteiger partial charge in [-0.3, -0.25) is 4.90 Å². The summed E-state index contributed by atoms with van der Waals surface area (Å²) in [6.45, 7) is 9.29. The van der Waals surface area contributed by atoms with Gasteiger partial charge in [-0.05, 0) is 38.9 Å². The Labute approximate surface area is 110 Å². The van der Waals surface area contributed by atoms with Gasteiger partial charge < -0.3 is 10.6 Å². The predicted molar refractivity (Wildman–Crippen MR) is 76.6 cm³/mol. The molecule has 0 aromatic heterocycles. The quantitative estimate of drug-likeness (QED) is 0.824. The van der Waals surface area contributed by atoms with E-state index in [1.807, 2.05) is 0 Å². The van der Waals surface area contributed by atoms with Crippen molar-refractivity contribution in [2.45, 2.75) is 31.7 Å². The molecule has 0 saturated carbocycles. The third-order valence-electron chi connectivity index (χ3n) is 4.52. The highest BCUT2D eigenvalue weighted by Gasteiger charge is 2.37. The molecule has 2 N–H and O–H groups in total. The van der Waals surface area contributed by atoms with E-state index in [-0.39, 0.29) is 0 Å². The van der Waals surface area contributed by atoms with Crippen molar-refractivity contribution in [2.75, 3.05) is 50.8 Å². The third kappa shape index (κ3) is 3.16. The molecule has 2 fully saturated rings. The summed E-state index contributed by atoms with van der Waals surface area (Å²) < 4.78 is 0. The van der Waals surface area contributed by atoms with Crippen LogP contribution in [0.4, 0.5) is 0 Å². The van der Waals surface area contributed by atoms with Gasteiger partial charge in [0.25, 0.3) is 0 Å². The van der Waals surface area contributed by atoms with Crippen LogP contribution in [0.5, 0.6) is 0 Å². The summed E-state index contributed by atoms with van der Waals surface area (Å²) in [7, 11) is 0. The predicted octanol–water partition coefficient (Wildman–Crippen LogP) is 1.24. The van der Waals surface area contributed by atoms with E-state index in [9.17, 15) is 0 Å². The molecule has 0 bridgehead atoms. The number of nitrogens with two attached hydrogens (primary N) is 1. The van der Waals surface area contributed by atoms with Crippen LogP contribution in [-0.2, 0) is 0 Å². The fourth-order valence-corrected chi connectivity index (χ4v) is 4.14. The Hall–Kier alpha value is 0.230. The van der Waals surface area contributed by atoms with E-state index in [4.69, 9.17) is 5.73 Å². The minimum absolute atomic E-state index is 0.310. The summed E-state index contributed by atoms with van der Waals surface area (Å²) in [5.74, 6) is 2.58. The molecule has 2 heterocycles. The lowest BCUT2D eigenvalue weighted by Gasteiger charge is -2.45. The summed E-state index contributed by atoms with van der Waals surface area (Å²) in [5.41, 5.74) is 6.47. The highest BCUT2D eigenvalue weighted by atomic mass is 32.2. The van der Waals surface area contributed by atoms with Gasteiger partial charge in [-0.25, -0.2) is 0 Å². The lowest BCUT2D eigenvalue weighted by Crippen LogP contribution is -2.56. The second-order valence-corrected chi connectivity index (χ2v) is 6.54. The molecule has 2 saturated heterocycles. The normalized spacial score (nSPS) is 33.5. The molecule has 17 heavy (non-hydrogen) atoms. The summed E-state index contributed by atoms with van der Waals surface area (Å²) in [5, 5.41) is 0. The minimum Gasteiger partial charge on any atom is -0.329 e. The number of likely N-dealkylation sites (tertiary alicyclic amines) is 1. The van der Waals surface area contributed by atoms with Crippen molar-refractivity contribution < 1.29 is 0 Å². The van der Waals surface area contributed by atoms with Crippen LogP contribution in [0.15, 0.2) is 0 Å². The molecule has 4 heteroatoms. The topological polar surface area (TPSA) is 32.5 Å². The van der Waals surface area contributed by atoms with Crippen molar-refractivity contribution in [3.05, 3.63) is 0 Å². The van der Waals surface area contributed by atoms with Crippen LogP contribution >= 0.6 is 11.8 Å². The van der Waals surface area contributed by atoms with Crippen molar-refractivity contribution in [1.82, 2.24) is 9.80 Å². The molecule has 2 aliphatic heterocycles. The van der Waals surface area contributed by atoms with E-state index < -0.39 is 0 Å². The van der Waals surface area contributed by atoms with Crippen LogP contribution in [-0.4, -0.2) is 66.1 Å². The molecular weight excluding hydrogens is 230 g/mol. The fraction of sp³-hybridized carbons (Fsp3) is 1.00. The second kappa shape index (κ2) is 6.41. The van der Waals surface area contributed by atoms with E-state index in [1.165, 1.54) is 63.5 Å². The van der Waals surface area contributed by atoms with Gasteiger partial charge in [0.1, 0.15) is 0 Å². The molecule has 3 nitrogen and oxygen atoms in total. The van der Waals surface area contributed by atoms with Gasteiger partial charge in [0.15, 0.2) is 0 Å². The first-order valence-corrected chi connectivity index (χ1v) is 8.21. The number of thioether (sulfide) groups is 1. The largest absolute Gasteiger partial charge is 0.329 e. The van der Waals surface area contributed by atoms with Gasteiger partial charge in [-0.2, -0.15) is 11.8 Å². The molecule has 2 aliphatic rings. The van der Waals surface area contributed by atoms with Gasteiger partial charge in [0.2, 0.25) is 0 Å². The van der Waals surface area contributed by atoms with Crippen molar-refractivity contribution >= 4 is 11.8 Å². The molecule has 0 aromatic carbocycles. The van der Waals surface area contributed by atoms with E-state index >= 15 is 0 Å². The molecule has 2 rings (SSSR count). The van der Waals surface area contributed by atoms with Crippen LogP contribution < -0.4 is 5.73 Å². The Bertz CT molecular complexity index is 231. The van der Waals surface area contributed by atoms with Crippen molar-refractivity contribution in [3.8, 4) is 0 Å². The van der Waals surface area contributed by atoms with Crippen molar-refractivity contribution in [3.63, 3.8) is 0 Å². The maximum atomic E-state index is 6.16. The highest BCUT2D eigenvalue weighted by Crippen LogP contribution is 2.30. The van der Waals surface area contributed by atoms with Crippen LogP contribution in [0.2, 0.25) is 0 Å². The molecule has 0 radical (unpaired) electrons. The zero-order valence-corrected chi connectivity index (χ0v) is 12.0. The Kier molecular flexibility index (Phi) is 5.15. The van der Waals surface area contributed by atoms with Gasteiger partial charge >= 0.3 is 0 Å². The van der Waals surface area contributed by atoms with Crippen LogP contribution in [0.25, 0.3) is 0 Å². The maximum absolute atomic E-state index is 6.16. The molecule has 0 spiro atoms. The lowest BCUT2D eigenvalue weighted by molar-refractivity contribution is 0.0891. The molecule has 0 amide bonds. The zero-order chi connectivity index (χ0) is 12.1. The molecule has 0 aliphatic carbocycles. The summed E-state index contributed by atoms with van der Waals surface area (Å²) in [6, 6.07) is 0. The SMILES string of the molecule is CCN1CCCC(CN)(N2CCSCC2)CC1. The standard InChI is InChI=1S/C13H27N3S/c1-2-15-6-3-4-13(12-14,5-7-15)16-8-10-17-11-9-16/h2-12,14H2,1H3. The number of rotatable bonds is 3. The first-order chi connectivity index (χ1) is 8.30. The first-order valence-electron chi connectivity index (χ1n) is 7.06. The Morgan fingerprint density at radius 1 is 1.12 bits per heavy atom. The highest BCUT2D eigenvalue weighted by molar-refractivity contribution is 7.99. The fourth-order valence-electron chi connectivity index (χ4n) is 3.24. The van der Waals surface area contributed by atoms with E-state index in [1.54, 1.807) is 0 Å². The Morgan fingerprint density at radius 3 is 2.53 bits per heavy atom. The molecule has 100 valence electrons. The second-order valence-electron chi connectivity index (χ2n) is 5.32. The van der Waals surface area contributed by atoms with E-state index in [0.29, 0.717) is 5.54 Å². The summed E-state index contributed by atoms with van der Waals surface area (Å²) in [6.07, 6.45) is 3.88. The smallest absolute Gasteiger partial charge is 0.0345 e. The third-order valence-corrected chi connectivity index (χ3v) is 5.46. The number of hydrogen-bond donors (Lipinski definition) is 1. The van der Waals surface area contributed by atoms with E-state index in [0.717, 1.165) is 6.54 Å². The first kappa shape index (κ1) is 13.7. The molecule has 1 unspecified atom stereocenters. The van der Waals surface area contributed by atoms with Crippen LogP contribution in [0, 0.1) is 0 Å². The molecular formula is C13H27N3S. The molecule has 0 aromatic rings. The Morgan fingerprint density at radius 2 is 1.88 bits per heavy atom. The van der Waals surface area contributed by atoms with Crippen LogP contribution in [0.3, 0.4) is 0 Å². The Balaban J connectivity index is 2.01. The van der Waals surface area contributed by atoms with Gasteiger partial charge in [-0.1, -0.05) is 6.92 Å². The van der Waals surface area contributed by atoms with Gasteiger partial charge in [0.05, 0.1) is 0 Å². The van der Waals surface area contributed by atoms with Gasteiger partial charge in [0, 0.05) is 36.7 Å². The average molecular weight is 257 g/mol. The summed E-state index contributed by atoms with van der Waals surface area (Å²) in [4.78, 5) is 5.28. The summed E-state index contributed by atoms with van der Waals surface area (Å²) >= 11 is 2.09. The number of nitrogens with zero attached hydrogens (tertiary/aromatic N) is 2. The van der Waals surface area contributed by atoms with Crippen LogP contribution in [0.1, 0.15) is 26.2 Å².